The number of hydrogen-bond acceptors (Lipinski definition) is 4. The maximum absolute atomic E-state index is 13.8. The number of nitrogens with one attached hydrogen (secondary N) is 1. The Morgan fingerprint density at radius 3 is 2.71 bits per heavy atom. The zero-order chi connectivity index (χ0) is 15.2. The second kappa shape index (κ2) is 7.79. The van der Waals surface area contributed by atoms with Crippen molar-refractivity contribution in [1.29, 1.82) is 0 Å². The summed E-state index contributed by atoms with van der Waals surface area (Å²) in [4.78, 5) is 1.12. The highest BCUT2D eigenvalue weighted by Crippen LogP contribution is 2.31. The number of rotatable bonds is 6. The van der Waals surface area contributed by atoms with Gasteiger partial charge in [-0.2, -0.15) is 0 Å². The normalized spacial score (nSPS) is 12.2. The van der Waals surface area contributed by atoms with Gasteiger partial charge >= 0.3 is 0 Å². The lowest BCUT2D eigenvalue weighted by molar-refractivity contribution is 0.385. The highest BCUT2D eigenvalue weighted by atomic mass is 79.9. The molecule has 0 fully saturated rings. The number of benzene rings is 2. The Hall–Kier alpha value is -1.08. The summed E-state index contributed by atoms with van der Waals surface area (Å²) >= 11 is 5.15. The van der Waals surface area contributed by atoms with E-state index in [0.717, 1.165) is 14.9 Å². The van der Waals surface area contributed by atoms with Crippen molar-refractivity contribution < 1.29 is 9.13 Å². The first-order valence-corrected chi connectivity index (χ1v) is 8.10. The van der Waals surface area contributed by atoms with Gasteiger partial charge in [0.1, 0.15) is 0 Å². The van der Waals surface area contributed by atoms with Gasteiger partial charge in [-0.25, -0.2) is 4.39 Å². The number of nitrogens with two attached hydrogens (primary N) is 1. The molecule has 3 nitrogen and oxygen atoms in total. The smallest absolute Gasteiger partial charge is 0.165 e. The molecule has 0 heterocycles. The van der Waals surface area contributed by atoms with Crippen molar-refractivity contribution in [2.24, 2.45) is 5.84 Å². The minimum atomic E-state index is -0.388. The van der Waals surface area contributed by atoms with Crippen molar-refractivity contribution in [3.8, 4) is 5.75 Å². The number of hydrazine groups is 1. The number of ether oxygens (including phenoxy) is 1. The van der Waals surface area contributed by atoms with Gasteiger partial charge in [0.25, 0.3) is 0 Å². The fourth-order valence-corrected chi connectivity index (χ4v) is 3.52. The first-order valence-electron chi connectivity index (χ1n) is 6.32. The average molecular weight is 371 g/mol. The molecule has 0 bridgehead atoms. The van der Waals surface area contributed by atoms with Crippen LogP contribution in [-0.2, 0) is 0 Å². The van der Waals surface area contributed by atoms with Crippen molar-refractivity contribution in [3.63, 3.8) is 0 Å². The van der Waals surface area contributed by atoms with Crippen LogP contribution in [0.5, 0.6) is 5.75 Å². The summed E-state index contributed by atoms with van der Waals surface area (Å²) in [6.45, 7) is 0. The summed E-state index contributed by atoms with van der Waals surface area (Å²) in [5.41, 5.74) is 3.52. The van der Waals surface area contributed by atoms with Crippen LogP contribution in [0.15, 0.2) is 51.8 Å². The summed E-state index contributed by atoms with van der Waals surface area (Å²) in [6.07, 6.45) is 0. The first kappa shape index (κ1) is 16.3. The molecule has 0 aromatic heterocycles. The molecular formula is C15H16BrFN2OS. The number of thioether (sulfide) groups is 1. The van der Waals surface area contributed by atoms with Crippen LogP contribution in [0.3, 0.4) is 0 Å². The summed E-state index contributed by atoms with van der Waals surface area (Å²) in [5.74, 6) is 6.13. The topological polar surface area (TPSA) is 47.3 Å². The van der Waals surface area contributed by atoms with Gasteiger partial charge in [-0.3, -0.25) is 11.3 Å². The lowest BCUT2D eigenvalue weighted by atomic mass is 10.1. The van der Waals surface area contributed by atoms with E-state index >= 15 is 0 Å². The molecule has 1 atom stereocenters. The number of halogens is 2. The molecule has 2 aromatic carbocycles. The zero-order valence-electron chi connectivity index (χ0n) is 11.5. The summed E-state index contributed by atoms with van der Waals surface area (Å²) < 4.78 is 19.7. The largest absolute Gasteiger partial charge is 0.494 e. The minimum Gasteiger partial charge on any atom is -0.494 e. The number of hydrogen-bond donors (Lipinski definition) is 2. The second-order valence-corrected chi connectivity index (χ2v) is 6.27. The van der Waals surface area contributed by atoms with E-state index in [1.54, 1.807) is 17.8 Å². The Bertz CT molecular complexity index is 612. The first-order chi connectivity index (χ1) is 10.2. The van der Waals surface area contributed by atoms with Crippen molar-refractivity contribution in [3.05, 3.63) is 58.3 Å². The van der Waals surface area contributed by atoms with E-state index in [1.165, 1.54) is 13.2 Å². The van der Waals surface area contributed by atoms with Crippen molar-refractivity contribution in [1.82, 2.24) is 5.43 Å². The van der Waals surface area contributed by atoms with Gasteiger partial charge < -0.3 is 4.74 Å². The molecule has 0 spiro atoms. The molecule has 6 heteroatoms. The monoisotopic (exact) mass is 370 g/mol. The average Bonchev–Trinajstić information content (AvgIpc) is 2.50. The van der Waals surface area contributed by atoms with Crippen LogP contribution in [0, 0.1) is 5.82 Å². The fourth-order valence-electron chi connectivity index (χ4n) is 1.87. The lowest BCUT2D eigenvalue weighted by Crippen LogP contribution is -2.29. The quantitative estimate of drug-likeness (QED) is 0.460. The zero-order valence-corrected chi connectivity index (χ0v) is 13.9. The molecule has 0 aliphatic carbocycles. The molecule has 0 saturated heterocycles. The third-order valence-corrected chi connectivity index (χ3v) is 5.14. The molecule has 21 heavy (non-hydrogen) atoms. The van der Waals surface area contributed by atoms with Gasteiger partial charge in [-0.1, -0.05) is 18.2 Å². The predicted octanol–water partition coefficient (Wildman–Crippen LogP) is 3.89. The van der Waals surface area contributed by atoms with E-state index in [9.17, 15) is 4.39 Å². The van der Waals surface area contributed by atoms with Gasteiger partial charge in [0, 0.05) is 15.1 Å². The second-order valence-electron chi connectivity index (χ2n) is 4.35. The highest BCUT2D eigenvalue weighted by Gasteiger charge is 2.14. The molecule has 0 aliphatic rings. The summed E-state index contributed by atoms with van der Waals surface area (Å²) in [7, 11) is 1.44. The molecule has 3 N–H and O–H groups in total. The van der Waals surface area contributed by atoms with E-state index in [2.05, 4.69) is 21.4 Å². The molecule has 112 valence electrons. The van der Waals surface area contributed by atoms with Crippen molar-refractivity contribution in [2.75, 3.05) is 12.9 Å². The Kier molecular flexibility index (Phi) is 6.05. The van der Waals surface area contributed by atoms with E-state index < -0.39 is 0 Å². The molecule has 2 aromatic rings. The molecule has 1 unspecified atom stereocenters. The van der Waals surface area contributed by atoms with Crippen LogP contribution >= 0.6 is 27.7 Å². The van der Waals surface area contributed by atoms with E-state index in [4.69, 9.17) is 10.6 Å². The van der Waals surface area contributed by atoms with Gasteiger partial charge in [0.2, 0.25) is 0 Å². The molecule has 0 saturated carbocycles. The summed E-state index contributed by atoms with van der Waals surface area (Å²) in [5, 5.41) is 0. The molecule has 0 radical (unpaired) electrons. The van der Waals surface area contributed by atoms with Gasteiger partial charge in [0.15, 0.2) is 11.6 Å². The standard InChI is InChI=1S/C15H16BrFN2OS/c1-20-14-7-6-10(8-12(14)17)13(19-18)9-21-15-5-3-2-4-11(15)16/h2-8,13,19H,9,18H2,1H3. The van der Waals surface area contributed by atoms with Crippen molar-refractivity contribution in [2.45, 2.75) is 10.9 Å². The predicted molar refractivity (Wildman–Crippen MR) is 87.9 cm³/mol. The van der Waals surface area contributed by atoms with Gasteiger partial charge in [-0.05, 0) is 45.8 Å². The Balaban J connectivity index is 2.10. The van der Waals surface area contributed by atoms with E-state index in [-0.39, 0.29) is 17.6 Å². The maximum atomic E-state index is 13.8. The maximum Gasteiger partial charge on any atom is 0.165 e. The molecule has 0 amide bonds. The Morgan fingerprint density at radius 2 is 2.10 bits per heavy atom. The van der Waals surface area contributed by atoms with Gasteiger partial charge in [0.05, 0.1) is 13.2 Å². The lowest BCUT2D eigenvalue weighted by Gasteiger charge is -2.17. The van der Waals surface area contributed by atoms with Crippen LogP contribution in [0.25, 0.3) is 0 Å². The molecule has 0 aliphatic heterocycles. The van der Waals surface area contributed by atoms with E-state index in [1.807, 2.05) is 30.3 Å². The van der Waals surface area contributed by atoms with Crippen LogP contribution in [-0.4, -0.2) is 12.9 Å². The third-order valence-electron chi connectivity index (χ3n) is 3.02. The highest BCUT2D eigenvalue weighted by molar-refractivity contribution is 9.10. The third kappa shape index (κ3) is 4.20. The Labute approximate surface area is 136 Å². The van der Waals surface area contributed by atoms with Crippen LogP contribution < -0.4 is 16.0 Å². The van der Waals surface area contributed by atoms with Crippen molar-refractivity contribution >= 4 is 27.7 Å². The van der Waals surface area contributed by atoms with Crippen LogP contribution in [0.1, 0.15) is 11.6 Å². The minimum absolute atomic E-state index is 0.150. The summed E-state index contributed by atoms with van der Waals surface area (Å²) in [6, 6.07) is 12.7. The fraction of sp³-hybridized carbons (Fsp3) is 0.200. The van der Waals surface area contributed by atoms with Gasteiger partial charge in [-0.15, -0.1) is 11.8 Å². The molecule has 2 rings (SSSR count). The van der Waals surface area contributed by atoms with E-state index in [0.29, 0.717) is 5.75 Å². The number of methoxy groups -OCH3 is 1. The Morgan fingerprint density at radius 1 is 1.33 bits per heavy atom. The van der Waals surface area contributed by atoms with Crippen LogP contribution in [0.2, 0.25) is 0 Å². The molecular weight excluding hydrogens is 355 g/mol. The SMILES string of the molecule is COc1ccc(C(CSc2ccccc2Br)NN)cc1F. The van der Waals surface area contributed by atoms with Crippen LogP contribution in [0.4, 0.5) is 4.39 Å².